The van der Waals surface area contributed by atoms with Gasteiger partial charge in [-0.05, 0) is 85.7 Å². The van der Waals surface area contributed by atoms with Gasteiger partial charge in [0.25, 0.3) is 0 Å². The maximum Gasteiger partial charge on any atom is 0.234 e. The lowest BCUT2D eigenvalue weighted by atomic mass is 10.2. The average molecular weight is 807 g/mol. The van der Waals surface area contributed by atoms with Crippen molar-refractivity contribution < 1.29 is 9.59 Å². The Morgan fingerprint density at radius 2 is 1.22 bits per heavy atom. The lowest BCUT2D eigenvalue weighted by Gasteiger charge is -2.17. The van der Waals surface area contributed by atoms with Gasteiger partial charge in [0.15, 0.2) is 11.6 Å². The number of hydrogen-bond donors (Lipinski definition) is 4. The van der Waals surface area contributed by atoms with Crippen LogP contribution in [0.1, 0.15) is 22.5 Å². The van der Waals surface area contributed by atoms with E-state index in [0.717, 1.165) is 33.6 Å². The van der Waals surface area contributed by atoms with Gasteiger partial charge in [-0.3, -0.25) is 24.4 Å². The Hall–Kier alpha value is -7.19. The van der Waals surface area contributed by atoms with Crippen molar-refractivity contribution in [3.05, 3.63) is 125 Å². The molecule has 12 bridgehead atoms. The fourth-order valence-electron chi connectivity index (χ4n) is 6.06. The molecule has 16 nitrogen and oxygen atoms in total. The zero-order valence-corrected chi connectivity index (χ0v) is 33.0. The highest BCUT2D eigenvalue weighted by atomic mass is 35.5. The van der Waals surface area contributed by atoms with E-state index in [1.807, 2.05) is 96.7 Å². The topological polar surface area (TPSA) is 192 Å². The van der Waals surface area contributed by atoms with Crippen molar-refractivity contribution in [2.24, 2.45) is 0 Å². The molecule has 0 aliphatic carbocycles. The van der Waals surface area contributed by atoms with Gasteiger partial charge in [0.05, 0.1) is 31.9 Å². The van der Waals surface area contributed by atoms with Gasteiger partial charge in [0.2, 0.25) is 23.7 Å². The Balaban J connectivity index is 0.000000179. The van der Waals surface area contributed by atoms with Crippen molar-refractivity contribution in [2.75, 3.05) is 50.9 Å². The van der Waals surface area contributed by atoms with E-state index in [-0.39, 0.29) is 38.0 Å². The second-order valence-electron chi connectivity index (χ2n) is 13.6. The third-order valence-electron chi connectivity index (χ3n) is 8.65. The van der Waals surface area contributed by atoms with Crippen molar-refractivity contribution in [2.45, 2.75) is 13.1 Å². The number of nitrogens with zero attached hydrogens (tertiary/aromatic N) is 10. The summed E-state index contributed by atoms with van der Waals surface area (Å²) in [5, 5.41) is 12.6. The quantitative estimate of drug-likeness (QED) is 0.158. The number of benzene rings is 2. The van der Waals surface area contributed by atoms with Crippen LogP contribution in [-0.2, 0) is 22.7 Å². The molecule has 0 saturated heterocycles. The number of likely N-dealkylation sites (N-methyl/N-ethyl adjacent to an activating group) is 2. The molecular weight excluding hydrogens is 768 g/mol. The Labute approximate surface area is 345 Å². The zero-order valence-electron chi connectivity index (χ0n) is 32.2. The van der Waals surface area contributed by atoms with E-state index in [4.69, 9.17) is 11.6 Å². The first-order valence-corrected chi connectivity index (χ1v) is 18.9. The molecule has 8 rings (SSSR count). The molecule has 0 saturated carbocycles. The number of amides is 2. The fraction of sp³-hybridized carbons (Fsp3) is 0.190. The minimum Gasteiger partial charge on any atom is -0.350 e. The third kappa shape index (κ3) is 11.9. The third-order valence-corrected chi connectivity index (χ3v) is 8.89. The second kappa shape index (κ2) is 19.3. The molecule has 6 aromatic rings. The van der Waals surface area contributed by atoms with Gasteiger partial charge in [-0.25, -0.2) is 24.9 Å². The number of carbonyl (C=O) groups excluding carboxylic acids is 2. The first kappa shape index (κ1) is 40.0. The van der Waals surface area contributed by atoms with Crippen LogP contribution in [0, 0.1) is 11.8 Å². The van der Waals surface area contributed by atoms with Crippen LogP contribution in [0.4, 0.5) is 23.3 Å². The summed E-state index contributed by atoms with van der Waals surface area (Å²) in [6.45, 7) is 2.27. The van der Waals surface area contributed by atoms with Crippen LogP contribution in [0.3, 0.4) is 0 Å². The number of nitrogens with one attached hydrogen (secondary N) is 4. The highest BCUT2D eigenvalue weighted by Crippen LogP contribution is 2.22. The summed E-state index contributed by atoms with van der Waals surface area (Å²) >= 11 is 6.30. The van der Waals surface area contributed by atoms with E-state index in [0.29, 0.717) is 53.1 Å². The molecule has 2 aromatic carbocycles. The predicted octanol–water partition coefficient (Wildman–Crippen LogP) is 4.41. The van der Waals surface area contributed by atoms with Gasteiger partial charge in [-0.1, -0.05) is 41.8 Å². The van der Waals surface area contributed by atoms with E-state index >= 15 is 0 Å². The first-order chi connectivity index (χ1) is 28.7. The number of anilines is 4. The van der Waals surface area contributed by atoms with Crippen LogP contribution in [-0.4, -0.2) is 102 Å². The summed E-state index contributed by atoms with van der Waals surface area (Å²) in [5.41, 5.74) is 6.64. The smallest absolute Gasteiger partial charge is 0.234 e. The molecule has 17 heteroatoms. The summed E-state index contributed by atoms with van der Waals surface area (Å²) in [5.74, 6) is 7.64. The van der Waals surface area contributed by atoms with Crippen molar-refractivity contribution in [3.63, 3.8) is 0 Å². The minimum absolute atomic E-state index is 0.0773. The van der Waals surface area contributed by atoms with Crippen molar-refractivity contribution in [1.82, 2.24) is 60.3 Å². The molecule has 2 amide bonds. The van der Waals surface area contributed by atoms with Crippen LogP contribution >= 0.6 is 11.6 Å². The lowest BCUT2D eigenvalue weighted by Crippen LogP contribution is -2.35. The summed E-state index contributed by atoms with van der Waals surface area (Å²) < 4.78 is 0. The molecule has 0 unspecified atom stereocenters. The van der Waals surface area contributed by atoms with Gasteiger partial charge in [-0.2, -0.15) is 9.97 Å². The Morgan fingerprint density at radius 1 is 0.644 bits per heavy atom. The van der Waals surface area contributed by atoms with Crippen LogP contribution in [0.15, 0.2) is 103 Å². The number of carbonyl (C=O) groups is 2. The van der Waals surface area contributed by atoms with Crippen molar-refractivity contribution in [1.29, 1.82) is 0 Å². The standard InChI is InChI=1S/C21H20ClN7O.C21H19N7O/c1-29-11-14-3-2-4-17(7-14)27-21-26-13-25-20(28-21)15-5-6-23-18(8-15)9-16(22)10-24-19(30)12-29;1-28-12-15-4-2-5-18(10-15)26-21-25-14-24-20(27-21)16-7-9-22-17(11-16)6-3-8-23-19(29)13-28/h2-9,13H,10-12H2,1H3,(H,24,30)(H,25,26,27,28);2,4-5,7,9-11,14H,8,12-13H2,1H3,(H,23,29)(H,24,25,26,27)/b16-9-;. The van der Waals surface area contributed by atoms with Crippen LogP contribution in [0.5, 0.6) is 0 Å². The number of aromatic nitrogens is 8. The van der Waals surface area contributed by atoms with Gasteiger partial charge in [-0.15, -0.1) is 0 Å². The highest BCUT2D eigenvalue weighted by Gasteiger charge is 2.12. The molecule has 4 aromatic heterocycles. The van der Waals surface area contributed by atoms with Crippen LogP contribution in [0.25, 0.3) is 28.9 Å². The molecule has 0 radical (unpaired) electrons. The monoisotopic (exact) mass is 806 g/mol. The summed E-state index contributed by atoms with van der Waals surface area (Å²) in [4.78, 5) is 62.8. The number of hydrogen-bond acceptors (Lipinski definition) is 14. The SMILES string of the molecule is CN1CC(=O)NC/C(Cl)=C/c2cc(ccn2)-c2ncnc(n2)Nc2cccc(c2)C1.CN1CC(=O)NCC#Cc2cc(ccn2)-c2ncnc(n2)Nc2cccc(c2)C1. The number of fused-ring (bicyclic) bond motifs is 14. The Morgan fingerprint density at radius 3 is 1.85 bits per heavy atom. The summed E-state index contributed by atoms with van der Waals surface area (Å²) in [7, 11) is 3.79. The normalized spacial score (nSPS) is 15.7. The number of pyridine rings is 2. The molecule has 0 fully saturated rings. The largest absolute Gasteiger partial charge is 0.350 e. The molecule has 0 spiro atoms. The van der Waals surface area contributed by atoms with Crippen LogP contribution < -0.4 is 21.3 Å². The zero-order chi connectivity index (χ0) is 41.0. The van der Waals surface area contributed by atoms with Gasteiger partial charge < -0.3 is 21.3 Å². The van der Waals surface area contributed by atoms with E-state index in [1.165, 1.54) is 12.7 Å². The predicted molar refractivity (Wildman–Crippen MR) is 225 cm³/mol. The molecule has 4 N–H and O–H groups in total. The molecular formula is C42H39ClN14O2. The molecule has 296 valence electrons. The van der Waals surface area contributed by atoms with E-state index in [9.17, 15) is 9.59 Å². The van der Waals surface area contributed by atoms with Crippen LogP contribution in [0.2, 0.25) is 0 Å². The Kier molecular flexibility index (Phi) is 13.1. The second-order valence-corrected chi connectivity index (χ2v) is 14.1. The summed E-state index contributed by atoms with van der Waals surface area (Å²) in [6.07, 6.45) is 7.98. The van der Waals surface area contributed by atoms with Gasteiger partial charge in [0, 0.05) is 53.0 Å². The molecule has 59 heavy (non-hydrogen) atoms. The Bertz CT molecular complexity index is 2560. The highest BCUT2D eigenvalue weighted by molar-refractivity contribution is 6.31. The lowest BCUT2D eigenvalue weighted by molar-refractivity contribution is -0.122. The van der Waals surface area contributed by atoms with Gasteiger partial charge in [0.1, 0.15) is 18.3 Å². The average Bonchev–Trinajstić information content (AvgIpc) is 3.22. The molecule has 2 aliphatic rings. The van der Waals surface area contributed by atoms with Crippen molar-refractivity contribution >= 4 is 52.8 Å². The van der Waals surface area contributed by atoms with E-state index in [2.05, 4.69) is 73.0 Å². The van der Waals surface area contributed by atoms with E-state index < -0.39 is 0 Å². The maximum atomic E-state index is 12.3. The van der Waals surface area contributed by atoms with Crippen molar-refractivity contribution in [3.8, 4) is 34.6 Å². The van der Waals surface area contributed by atoms with E-state index in [1.54, 1.807) is 18.5 Å². The molecule has 0 atom stereocenters. The number of rotatable bonds is 0. The minimum atomic E-state index is -0.103. The number of halogens is 1. The fourth-order valence-corrected chi connectivity index (χ4v) is 6.24. The van der Waals surface area contributed by atoms with Gasteiger partial charge >= 0.3 is 0 Å². The molecule has 2 aliphatic heterocycles. The first-order valence-electron chi connectivity index (χ1n) is 18.5. The summed E-state index contributed by atoms with van der Waals surface area (Å²) in [6, 6.07) is 23.1. The molecule has 6 heterocycles. The maximum absolute atomic E-state index is 12.3.